The molecule has 0 fully saturated rings. The van der Waals surface area contributed by atoms with Crippen molar-refractivity contribution in [3.63, 3.8) is 0 Å². The molecule has 0 aliphatic carbocycles. The molecule has 2 aliphatic heterocycles. The molecule has 0 radical (unpaired) electrons. The molecule has 5 rings (SSSR count). The van der Waals surface area contributed by atoms with Crippen molar-refractivity contribution in [3.05, 3.63) is 94.8 Å². The van der Waals surface area contributed by atoms with Crippen LogP contribution < -0.4 is 20.9 Å². The third kappa shape index (κ3) is 4.03. The van der Waals surface area contributed by atoms with Gasteiger partial charge in [-0.05, 0) is 78.4 Å². The molecule has 3 heterocycles. The van der Waals surface area contributed by atoms with Gasteiger partial charge in [0, 0.05) is 41.9 Å². The number of aromatic nitrogens is 1. The zero-order valence-corrected chi connectivity index (χ0v) is 18.7. The van der Waals surface area contributed by atoms with Crippen molar-refractivity contribution >= 4 is 34.7 Å². The molecule has 0 saturated carbocycles. The maximum Gasteiger partial charge on any atom is 0.248 e. The van der Waals surface area contributed by atoms with Gasteiger partial charge in [0.15, 0.2) is 5.50 Å². The molecule has 1 atom stereocenters. The fourth-order valence-corrected chi connectivity index (χ4v) is 5.29. The van der Waals surface area contributed by atoms with Crippen LogP contribution in [0.15, 0.2) is 78.1 Å². The van der Waals surface area contributed by atoms with Gasteiger partial charge in [0.2, 0.25) is 5.91 Å². The van der Waals surface area contributed by atoms with E-state index < -0.39 is 0 Å². The van der Waals surface area contributed by atoms with Gasteiger partial charge in [-0.15, -0.1) is 0 Å². The molecule has 2 aromatic carbocycles. The van der Waals surface area contributed by atoms with Crippen molar-refractivity contribution in [1.82, 2.24) is 4.98 Å². The molecule has 32 heavy (non-hydrogen) atoms. The molecule has 7 heteroatoms. The van der Waals surface area contributed by atoms with E-state index in [2.05, 4.69) is 62.8 Å². The highest BCUT2D eigenvalue weighted by atomic mass is 32.2. The molecule has 3 aromatic rings. The van der Waals surface area contributed by atoms with Crippen LogP contribution in [-0.2, 0) is 13.0 Å². The highest BCUT2D eigenvalue weighted by Crippen LogP contribution is 2.36. The molecule has 3 N–H and O–H groups in total. The molecule has 6 nitrogen and oxygen atoms in total. The van der Waals surface area contributed by atoms with Gasteiger partial charge in [0.1, 0.15) is 0 Å². The van der Waals surface area contributed by atoms with Crippen molar-refractivity contribution in [2.45, 2.75) is 25.4 Å². The smallest absolute Gasteiger partial charge is 0.248 e. The molecule has 1 aromatic heterocycles. The van der Waals surface area contributed by atoms with Gasteiger partial charge in [-0.2, -0.15) is 0 Å². The van der Waals surface area contributed by atoms with Crippen LogP contribution in [0.25, 0.3) is 0 Å². The molecule has 2 aliphatic rings. The number of hydrogen-bond donors (Lipinski definition) is 2. The lowest BCUT2D eigenvalue weighted by molar-refractivity contribution is 0.1000. The Kier molecular flexibility index (Phi) is 5.49. The predicted molar refractivity (Wildman–Crippen MR) is 132 cm³/mol. The van der Waals surface area contributed by atoms with Gasteiger partial charge in [-0.3, -0.25) is 9.78 Å². The maximum atomic E-state index is 11.5. The first-order chi connectivity index (χ1) is 15.6. The van der Waals surface area contributed by atoms with Crippen LogP contribution in [0.1, 0.15) is 28.4 Å². The van der Waals surface area contributed by atoms with Crippen LogP contribution in [0.4, 0.5) is 17.1 Å². The van der Waals surface area contributed by atoms with Crippen LogP contribution >= 0.6 is 11.8 Å². The number of hydrogen-bond acceptors (Lipinski definition) is 6. The topological polar surface area (TPSA) is 74.5 Å². The van der Waals surface area contributed by atoms with E-state index in [1.165, 1.54) is 22.5 Å². The minimum atomic E-state index is -0.379. The number of allylic oxidation sites excluding steroid dienone is 1. The Labute approximate surface area is 192 Å². The number of fused-ring (bicyclic) bond motifs is 1. The second-order valence-corrected chi connectivity index (χ2v) is 8.99. The van der Waals surface area contributed by atoms with E-state index in [-0.39, 0.29) is 11.4 Å². The second kappa shape index (κ2) is 8.59. The van der Waals surface area contributed by atoms with Crippen molar-refractivity contribution in [1.29, 1.82) is 0 Å². The summed E-state index contributed by atoms with van der Waals surface area (Å²) in [5, 5.41) is 5.80. The first-order valence-corrected chi connectivity index (χ1v) is 11.6. The van der Waals surface area contributed by atoms with E-state index in [0.29, 0.717) is 5.56 Å². The molecular formula is C25H25N5OS. The highest BCUT2D eigenvalue weighted by molar-refractivity contribution is 8.03. The van der Waals surface area contributed by atoms with Gasteiger partial charge in [0.05, 0.1) is 11.9 Å². The normalized spacial score (nSPS) is 17.7. The predicted octanol–water partition coefficient (Wildman–Crippen LogP) is 4.55. The molecular weight excluding hydrogens is 418 g/mol. The van der Waals surface area contributed by atoms with Gasteiger partial charge in [-0.25, -0.2) is 0 Å². The van der Waals surface area contributed by atoms with Crippen molar-refractivity contribution in [3.8, 4) is 0 Å². The Balaban J connectivity index is 1.29. The second-order valence-electron chi connectivity index (χ2n) is 8.04. The number of amides is 1. The third-order valence-corrected chi connectivity index (χ3v) is 7.00. The average molecular weight is 444 g/mol. The molecule has 1 amide bonds. The van der Waals surface area contributed by atoms with Gasteiger partial charge in [-0.1, -0.05) is 17.8 Å². The van der Waals surface area contributed by atoms with Crippen molar-refractivity contribution in [2.24, 2.45) is 5.73 Å². The van der Waals surface area contributed by atoms with E-state index >= 15 is 0 Å². The van der Waals surface area contributed by atoms with E-state index in [0.717, 1.165) is 30.9 Å². The average Bonchev–Trinajstić information content (AvgIpc) is 3.19. The van der Waals surface area contributed by atoms with Crippen LogP contribution in [0, 0.1) is 0 Å². The Morgan fingerprint density at radius 1 is 1.12 bits per heavy atom. The first kappa shape index (κ1) is 20.5. The number of nitrogens with zero attached hydrogens (tertiary/aromatic N) is 3. The highest BCUT2D eigenvalue weighted by Gasteiger charge is 2.26. The monoisotopic (exact) mass is 443 g/mol. The van der Waals surface area contributed by atoms with E-state index in [1.807, 2.05) is 30.5 Å². The summed E-state index contributed by atoms with van der Waals surface area (Å²) in [5.74, 6) is -0.379. The molecule has 1 unspecified atom stereocenters. The first-order valence-electron chi connectivity index (χ1n) is 10.6. The summed E-state index contributed by atoms with van der Waals surface area (Å²) in [5.41, 5.74) is 13.1. The lowest BCUT2D eigenvalue weighted by Gasteiger charge is -2.31. The molecule has 0 saturated heterocycles. The Hall–Kier alpha value is -3.45. The summed E-state index contributed by atoms with van der Waals surface area (Å²) < 4.78 is 0. The number of thioether (sulfide) groups is 1. The Morgan fingerprint density at radius 3 is 2.72 bits per heavy atom. The largest absolute Gasteiger partial charge is 0.367 e. The number of nitrogens with two attached hydrogens (primary N) is 1. The van der Waals surface area contributed by atoms with Crippen LogP contribution in [0.2, 0.25) is 0 Å². The number of carbonyl (C=O) groups excluding carboxylic acids is 1. The van der Waals surface area contributed by atoms with Crippen molar-refractivity contribution < 1.29 is 4.79 Å². The summed E-state index contributed by atoms with van der Waals surface area (Å²) in [7, 11) is 0. The zero-order chi connectivity index (χ0) is 22.1. The number of pyridine rings is 1. The number of nitrogens with one attached hydrogen (secondary N) is 1. The fourth-order valence-electron chi connectivity index (χ4n) is 4.24. The Bertz CT molecular complexity index is 1160. The van der Waals surface area contributed by atoms with E-state index in [4.69, 9.17) is 5.73 Å². The summed E-state index contributed by atoms with van der Waals surface area (Å²) in [6.45, 7) is 3.84. The Morgan fingerprint density at radius 2 is 1.97 bits per heavy atom. The number of carbonyl (C=O) groups is 1. The molecule has 162 valence electrons. The van der Waals surface area contributed by atoms with Crippen LogP contribution in [-0.4, -0.2) is 22.9 Å². The number of benzene rings is 2. The SMILES string of the molecule is CC1=CSC(Nc2ccc(N3CCc4ccc(C(N)=O)cc4C3)cc2)N1c1cccnc1. The van der Waals surface area contributed by atoms with Crippen LogP contribution in [0.3, 0.4) is 0 Å². The number of anilines is 3. The molecule has 0 bridgehead atoms. The maximum absolute atomic E-state index is 11.5. The number of rotatable bonds is 5. The summed E-state index contributed by atoms with van der Waals surface area (Å²) >= 11 is 1.75. The van der Waals surface area contributed by atoms with Gasteiger partial charge in [0.25, 0.3) is 0 Å². The fraction of sp³-hybridized carbons (Fsp3) is 0.200. The summed E-state index contributed by atoms with van der Waals surface area (Å²) in [6.07, 6.45) is 4.64. The number of primary amides is 1. The standard InChI is InChI=1S/C25H25N5OS/c1-17-16-32-25(30(17)23-3-2-11-27-14-23)28-21-6-8-22(9-7-21)29-12-10-18-4-5-19(24(26)31)13-20(18)15-29/h2-9,11,13-14,16,25,28H,10,12,15H2,1H3,(H2,26,31). The lowest BCUT2D eigenvalue weighted by Crippen LogP contribution is -2.34. The summed E-state index contributed by atoms with van der Waals surface area (Å²) in [6, 6.07) is 18.4. The van der Waals surface area contributed by atoms with E-state index in [9.17, 15) is 4.79 Å². The minimum absolute atomic E-state index is 0.0825. The minimum Gasteiger partial charge on any atom is -0.367 e. The van der Waals surface area contributed by atoms with E-state index in [1.54, 1.807) is 18.0 Å². The summed E-state index contributed by atoms with van der Waals surface area (Å²) in [4.78, 5) is 20.4. The van der Waals surface area contributed by atoms with Gasteiger partial charge >= 0.3 is 0 Å². The lowest BCUT2D eigenvalue weighted by atomic mass is 9.97. The quantitative estimate of drug-likeness (QED) is 0.603. The third-order valence-electron chi connectivity index (χ3n) is 5.93. The van der Waals surface area contributed by atoms with Crippen LogP contribution in [0.5, 0.6) is 0 Å². The molecule has 0 spiro atoms. The zero-order valence-electron chi connectivity index (χ0n) is 17.9. The van der Waals surface area contributed by atoms with Crippen molar-refractivity contribution in [2.75, 3.05) is 21.7 Å². The van der Waals surface area contributed by atoms with Gasteiger partial charge < -0.3 is 20.9 Å².